The van der Waals surface area contributed by atoms with Crippen molar-refractivity contribution in [3.63, 3.8) is 0 Å². The Bertz CT molecular complexity index is 848. The van der Waals surface area contributed by atoms with Crippen LogP contribution in [0.15, 0.2) is 46.6 Å². The first-order valence-electron chi connectivity index (χ1n) is 8.81. The van der Waals surface area contributed by atoms with E-state index in [2.05, 4.69) is 15.1 Å². The Kier molecular flexibility index (Phi) is 5.06. The molecule has 4 rings (SSSR count). The maximum absolute atomic E-state index is 12.4. The van der Waals surface area contributed by atoms with E-state index in [1.54, 1.807) is 23.7 Å². The zero-order chi connectivity index (χ0) is 17.8. The van der Waals surface area contributed by atoms with Gasteiger partial charge in [-0.3, -0.25) is 9.78 Å². The van der Waals surface area contributed by atoms with Gasteiger partial charge in [-0.25, -0.2) is 0 Å². The van der Waals surface area contributed by atoms with E-state index in [1.165, 1.54) is 0 Å². The molecule has 4 heterocycles. The predicted molar refractivity (Wildman–Crippen MR) is 98.6 cm³/mol. The lowest BCUT2D eigenvalue weighted by Gasteiger charge is -2.16. The summed E-state index contributed by atoms with van der Waals surface area (Å²) in [6.07, 6.45) is 6.72. The van der Waals surface area contributed by atoms with E-state index in [-0.39, 0.29) is 5.91 Å². The Balaban J connectivity index is 1.27. The summed E-state index contributed by atoms with van der Waals surface area (Å²) in [4.78, 5) is 24.0. The van der Waals surface area contributed by atoms with Crippen LogP contribution in [0.5, 0.6) is 0 Å². The molecule has 1 atom stereocenters. The molecular weight excluding hydrogens is 348 g/mol. The number of rotatable bonds is 6. The van der Waals surface area contributed by atoms with E-state index in [0.29, 0.717) is 24.1 Å². The summed E-state index contributed by atoms with van der Waals surface area (Å²) in [5, 5.41) is 6.08. The molecular formula is C19H20N4O2S. The van der Waals surface area contributed by atoms with E-state index in [4.69, 9.17) is 4.52 Å². The third-order valence-corrected chi connectivity index (χ3v) is 5.57. The largest absolute Gasteiger partial charge is 0.342 e. The first-order valence-corrected chi connectivity index (χ1v) is 9.69. The molecule has 26 heavy (non-hydrogen) atoms. The second kappa shape index (κ2) is 7.78. The fourth-order valence-corrected chi connectivity index (χ4v) is 3.96. The molecule has 7 heteroatoms. The second-order valence-electron chi connectivity index (χ2n) is 6.55. The van der Waals surface area contributed by atoms with Gasteiger partial charge in [-0.2, -0.15) is 4.98 Å². The molecule has 0 radical (unpaired) electrons. The van der Waals surface area contributed by atoms with Crippen molar-refractivity contribution in [2.75, 3.05) is 13.1 Å². The molecule has 1 saturated heterocycles. The van der Waals surface area contributed by atoms with Crippen LogP contribution in [0.25, 0.3) is 11.5 Å². The maximum atomic E-state index is 12.4. The summed E-state index contributed by atoms with van der Waals surface area (Å²) in [6.45, 7) is 1.68. The van der Waals surface area contributed by atoms with E-state index in [9.17, 15) is 4.79 Å². The van der Waals surface area contributed by atoms with Crippen LogP contribution < -0.4 is 0 Å². The average Bonchev–Trinajstić information content (AvgIpc) is 3.42. The monoisotopic (exact) mass is 368 g/mol. The lowest BCUT2D eigenvalue weighted by atomic mass is 10.0. The SMILES string of the molecule is O=C(Cc1cccs1)N1CCC(CCc2noc(-c3cccnc3)n2)C1. The first-order chi connectivity index (χ1) is 12.8. The Morgan fingerprint density at radius 3 is 3.12 bits per heavy atom. The van der Waals surface area contributed by atoms with Gasteiger partial charge in [-0.05, 0) is 42.3 Å². The van der Waals surface area contributed by atoms with Crippen LogP contribution in [-0.2, 0) is 17.6 Å². The van der Waals surface area contributed by atoms with E-state index < -0.39 is 0 Å². The molecule has 0 spiro atoms. The molecule has 0 aliphatic carbocycles. The topological polar surface area (TPSA) is 72.1 Å². The van der Waals surface area contributed by atoms with E-state index in [0.717, 1.165) is 42.8 Å². The van der Waals surface area contributed by atoms with Gasteiger partial charge in [0.15, 0.2) is 5.82 Å². The molecule has 1 aliphatic heterocycles. The van der Waals surface area contributed by atoms with Gasteiger partial charge in [-0.1, -0.05) is 11.2 Å². The number of hydrogen-bond donors (Lipinski definition) is 0. The average molecular weight is 368 g/mol. The normalized spacial score (nSPS) is 16.9. The van der Waals surface area contributed by atoms with Gasteiger partial charge in [0.05, 0.1) is 12.0 Å². The summed E-state index contributed by atoms with van der Waals surface area (Å²) in [6, 6.07) is 7.76. The molecule has 0 aromatic carbocycles. The zero-order valence-corrected chi connectivity index (χ0v) is 15.2. The summed E-state index contributed by atoms with van der Waals surface area (Å²) in [5.41, 5.74) is 0.831. The molecule has 1 amide bonds. The number of aromatic nitrogens is 3. The highest BCUT2D eigenvalue weighted by atomic mass is 32.1. The van der Waals surface area contributed by atoms with Gasteiger partial charge in [0.2, 0.25) is 5.91 Å². The van der Waals surface area contributed by atoms with Crippen molar-refractivity contribution in [2.24, 2.45) is 5.92 Å². The zero-order valence-electron chi connectivity index (χ0n) is 14.4. The Morgan fingerprint density at radius 2 is 2.31 bits per heavy atom. The number of aryl methyl sites for hydroxylation is 1. The van der Waals surface area contributed by atoms with E-state index in [1.807, 2.05) is 34.5 Å². The number of likely N-dealkylation sites (tertiary alicyclic amines) is 1. The van der Waals surface area contributed by atoms with Gasteiger partial charge in [0, 0.05) is 36.8 Å². The minimum Gasteiger partial charge on any atom is -0.342 e. The number of hydrogen-bond acceptors (Lipinski definition) is 6. The van der Waals surface area contributed by atoms with Crippen molar-refractivity contribution in [3.05, 3.63) is 52.7 Å². The van der Waals surface area contributed by atoms with Crippen molar-refractivity contribution < 1.29 is 9.32 Å². The quantitative estimate of drug-likeness (QED) is 0.668. The van der Waals surface area contributed by atoms with Crippen molar-refractivity contribution in [1.29, 1.82) is 0 Å². The molecule has 3 aromatic rings. The number of amides is 1. The molecule has 1 aliphatic rings. The number of nitrogens with zero attached hydrogens (tertiary/aromatic N) is 4. The van der Waals surface area contributed by atoms with Gasteiger partial charge in [0.1, 0.15) is 0 Å². The lowest BCUT2D eigenvalue weighted by molar-refractivity contribution is -0.129. The number of pyridine rings is 1. The summed E-state index contributed by atoms with van der Waals surface area (Å²) in [5.74, 6) is 1.95. The minimum atomic E-state index is 0.230. The van der Waals surface area contributed by atoms with Crippen LogP contribution in [0.3, 0.4) is 0 Å². The Labute approximate surface area is 155 Å². The van der Waals surface area contributed by atoms with Crippen LogP contribution in [0.4, 0.5) is 0 Å². The van der Waals surface area contributed by atoms with Gasteiger partial charge in [0.25, 0.3) is 5.89 Å². The first kappa shape index (κ1) is 16.9. The van der Waals surface area contributed by atoms with Crippen LogP contribution in [-0.4, -0.2) is 39.0 Å². The number of carbonyl (C=O) groups is 1. The van der Waals surface area contributed by atoms with E-state index >= 15 is 0 Å². The fraction of sp³-hybridized carbons (Fsp3) is 0.368. The van der Waals surface area contributed by atoms with Crippen molar-refractivity contribution in [1.82, 2.24) is 20.0 Å². The van der Waals surface area contributed by atoms with Gasteiger partial charge >= 0.3 is 0 Å². The highest BCUT2D eigenvalue weighted by Crippen LogP contribution is 2.23. The molecule has 3 aromatic heterocycles. The highest BCUT2D eigenvalue weighted by molar-refractivity contribution is 7.10. The van der Waals surface area contributed by atoms with Crippen LogP contribution in [0.2, 0.25) is 0 Å². The molecule has 1 unspecified atom stereocenters. The summed E-state index contributed by atoms with van der Waals surface area (Å²) in [7, 11) is 0. The van der Waals surface area contributed by atoms with Crippen molar-refractivity contribution in [3.8, 4) is 11.5 Å². The summed E-state index contributed by atoms with van der Waals surface area (Å²) >= 11 is 1.64. The predicted octanol–water partition coefficient (Wildman–Crippen LogP) is 3.22. The number of thiophene rings is 1. The second-order valence-corrected chi connectivity index (χ2v) is 7.58. The Morgan fingerprint density at radius 1 is 1.35 bits per heavy atom. The maximum Gasteiger partial charge on any atom is 0.259 e. The summed E-state index contributed by atoms with van der Waals surface area (Å²) < 4.78 is 5.32. The molecule has 134 valence electrons. The van der Waals surface area contributed by atoms with Crippen LogP contribution >= 0.6 is 11.3 Å². The van der Waals surface area contributed by atoms with Crippen molar-refractivity contribution >= 4 is 17.2 Å². The fourth-order valence-electron chi connectivity index (χ4n) is 3.26. The Hall–Kier alpha value is -2.54. The lowest BCUT2D eigenvalue weighted by Crippen LogP contribution is -2.29. The number of carbonyl (C=O) groups excluding carboxylic acids is 1. The van der Waals surface area contributed by atoms with Crippen LogP contribution in [0.1, 0.15) is 23.5 Å². The van der Waals surface area contributed by atoms with Gasteiger partial charge in [-0.15, -0.1) is 11.3 Å². The molecule has 1 fully saturated rings. The van der Waals surface area contributed by atoms with Crippen molar-refractivity contribution in [2.45, 2.75) is 25.7 Å². The minimum absolute atomic E-state index is 0.230. The molecule has 6 nitrogen and oxygen atoms in total. The molecule has 0 N–H and O–H groups in total. The molecule has 0 bridgehead atoms. The molecule has 0 saturated carbocycles. The highest BCUT2D eigenvalue weighted by Gasteiger charge is 2.26. The standard InChI is InChI=1S/C19H20N4O2S/c24-18(11-16-4-2-10-26-16)23-9-7-14(13-23)5-6-17-21-19(25-22-17)15-3-1-8-20-12-15/h1-4,8,10,12,14H,5-7,9,11,13H2. The van der Waals surface area contributed by atoms with Crippen LogP contribution in [0, 0.1) is 5.92 Å². The third-order valence-electron chi connectivity index (χ3n) is 4.70. The smallest absolute Gasteiger partial charge is 0.259 e. The third kappa shape index (κ3) is 3.99. The van der Waals surface area contributed by atoms with Gasteiger partial charge < -0.3 is 9.42 Å².